The lowest BCUT2D eigenvalue weighted by Crippen LogP contribution is -2.21. The molecule has 0 bridgehead atoms. The van der Waals surface area contributed by atoms with E-state index in [0.29, 0.717) is 13.2 Å². The van der Waals surface area contributed by atoms with E-state index in [-0.39, 0.29) is 13.0 Å². The van der Waals surface area contributed by atoms with Crippen molar-refractivity contribution in [1.82, 2.24) is 0 Å². The SMILES string of the molecule is NCCOCCC(=O)O.O=C(O)C(F)(F)F. The Hall–Kier alpha value is -1.35. The summed E-state index contributed by atoms with van der Waals surface area (Å²) < 4.78 is 36.5. The Labute approximate surface area is 88.8 Å². The van der Waals surface area contributed by atoms with Crippen LogP contribution in [0.4, 0.5) is 13.2 Å². The molecule has 0 aliphatic rings. The molecule has 0 fully saturated rings. The molecule has 0 aliphatic heterocycles. The van der Waals surface area contributed by atoms with Gasteiger partial charge in [0.1, 0.15) is 0 Å². The van der Waals surface area contributed by atoms with E-state index in [0.717, 1.165) is 0 Å². The third-order valence-corrected chi connectivity index (χ3v) is 0.965. The van der Waals surface area contributed by atoms with Crippen LogP contribution in [0, 0.1) is 0 Å². The summed E-state index contributed by atoms with van der Waals surface area (Å²) in [5.41, 5.74) is 5.07. The number of hydrogen-bond acceptors (Lipinski definition) is 4. The van der Waals surface area contributed by atoms with E-state index < -0.39 is 18.1 Å². The molecule has 4 N–H and O–H groups in total. The normalized spacial score (nSPS) is 10.2. The summed E-state index contributed by atoms with van der Waals surface area (Å²) in [7, 11) is 0. The van der Waals surface area contributed by atoms with Crippen molar-refractivity contribution in [3.05, 3.63) is 0 Å². The highest BCUT2D eigenvalue weighted by molar-refractivity contribution is 5.73. The molecule has 0 atom stereocenters. The zero-order valence-corrected chi connectivity index (χ0v) is 8.16. The lowest BCUT2D eigenvalue weighted by atomic mass is 10.5. The summed E-state index contributed by atoms with van der Waals surface area (Å²) in [6, 6.07) is 0. The van der Waals surface area contributed by atoms with Gasteiger partial charge in [0.25, 0.3) is 0 Å². The fourth-order valence-corrected chi connectivity index (χ4v) is 0.345. The number of carboxylic acids is 2. The molecule has 0 unspecified atom stereocenters. The summed E-state index contributed by atoms with van der Waals surface area (Å²) in [5.74, 6) is -3.60. The van der Waals surface area contributed by atoms with Crippen LogP contribution >= 0.6 is 0 Å². The summed E-state index contributed by atoms with van der Waals surface area (Å²) in [6.45, 7) is 1.14. The fraction of sp³-hybridized carbons (Fsp3) is 0.714. The van der Waals surface area contributed by atoms with E-state index in [1.54, 1.807) is 0 Å². The third kappa shape index (κ3) is 15.1. The Morgan fingerprint density at radius 1 is 1.19 bits per heavy atom. The van der Waals surface area contributed by atoms with Gasteiger partial charge in [-0.1, -0.05) is 0 Å². The van der Waals surface area contributed by atoms with Gasteiger partial charge in [-0.3, -0.25) is 4.79 Å². The minimum Gasteiger partial charge on any atom is -0.481 e. The lowest BCUT2D eigenvalue weighted by molar-refractivity contribution is -0.192. The number of carbonyl (C=O) groups is 2. The molecule has 0 saturated heterocycles. The molecule has 0 aromatic rings. The molecular formula is C7H12F3NO5. The standard InChI is InChI=1S/C5H11NO3.C2HF3O2/c6-2-4-9-3-1-5(7)8;3-2(4,5)1(6)7/h1-4,6H2,(H,7,8);(H,6,7). The van der Waals surface area contributed by atoms with Crippen molar-refractivity contribution in [2.24, 2.45) is 5.73 Å². The molecule has 0 aromatic carbocycles. The van der Waals surface area contributed by atoms with Crippen LogP contribution in [0.2, 0.25) is 0 Å². The minimum absolute atomic E-state index is 0.0556. The van der Waals surface area contributed by atoms with Crippen LogP contribution in [-0.4, -0.2) is 48.1 Å². The zero-order chi connectivity index (χ0) is 13.2. The minimum atomic E-state index is -5.08. The smallest absolute Gasteiger partial charge is 0.481 e. The van der Waals surface area contributed by atoms with E-state index in [9.17, 15) is 18.0 Å². The van der Waals surface area contributed by atoms with Crippen molar-refractivity contribution in [3.8, 4) is 0 Å². The maximum Gasteiger partial charge on any atom is 0.490 e. The second-order valence-electron chi connectivity index (χ2n) is 2.35. The van der Waals surface area contributed by atoms with Crippen LogP contribution in [0.1, 0.15) is 6.42 Å². The van der Waals surface area contributed by atoms with Gasteiger partial charge >= 0.3 is 18.1 Å². The first-order chi connectivity index (χ1) is 7.21. The van der Waals surface area contributed by atoms with Gasteiger partial charge in [-0.25, -0.2) is 4.79 Å². The highest BCUT2D eigenvalue weighted by atomic mass is 19.4. The molecule has 0 saturated carbocycles. The van der Waals surface area contributed by atoms with E-state index in [4.69, 9.17) is 25.5 Å². The number of nitrogens with two attached hydrogens (primary N) is 1. The Morgan fingerprint density at radius 2 is 1.62 bits per heavy atom. The van der Waals surface area contributed by atoms with Crippen molar-refractivity contribution >= 4 is 11.9 Å². The molecule has 0 aromatic heterocycles. The number of ether oxygens (including phenoxy) is 1. The van der Waals surface area contributed by atoms with E-state index >= 15 is 0 Å². The summed E-state index contributed by atoms with van der Waals surface area (Å²) >= 11 is 0. The molecule has 0 heterocycles. The zero-order valence-electron chi connectivity index (χ0n) is 8.16. The van der Waals surface area contributed by atoms with Gasteiger partial charge in [-0.15, -0.1) is 0 Å². The Bertz CT molecular complexity index is 219. The average Bonchev–Trinajstić information content (AvgIpc) is 2.11. The molecule has 0 aliphatic carbocycles. The molecule has 0 rings (SSSR count). The summed E-state index contributed by atoms with van der Waals surface area (Å²) in [6.07, 6.45) is -5.03. The van der Waals surface area contributed by atoms with Crippen molar-refractivity contribution in [2.75, 3.05) is 19.8 Å². The molecule has 0 amide bonds. The first kappa shape index (κ1) is 17.1. The van der Waals surface area contributed by atoms with Crippen molar-refractivity contribution < 1.29 is 37.7 Å². The second kappa shape index (κ2) is 8.92. The van der Waals surface area contributed by atoms with Crippen molar-refractivity contribution in [2.45, 2.75) is 12.6 Å². The van der Waals surface area contributed by atoms with Crippen LogP contribution in [0.5, 0.6) is 0 Å². The Balaban J connectivity index is 0. The Kier molecular flexibility index (Phi) is 9.51. The van der Waals surface area contributed by atoms with Crippen LogP contribution in [-0.2, 0) is 14.3 Å². The van der Waals surface area contributed by atoms with E-state index in [1.165, 1.54) is 0 Å². The molecule has 9 heteroatoms. The topological polar surface area (TPSA) is 110 Å². The van der Waals surface area contributed by atoms with E-state index in [2.05, 4.69) is 0 Å². The van der Waals surface area contributed by atoms with Gasteiger partial charge in [0.15, 0.2) is 0 Å². The molecular weight excluding hydrogens is 235 g/mol. The molecule has 0 radical (unpaired) electrons. The number of aliphatic carboxylic acids is 2. The van der Waals surface area contributed by atoms with E-state index in [1.807, 2.05) is 0 Å². The highest BCUT2D eigenvalue weighted by Gasteiger charge is 2.38. The van der Waals surface area contributed by atoms with Crippen molar-refractivity contribution in [1.29, 1.82) is 0 Å². The Morgan fingerprint density at radius 3 is 1.88 bits per heavy atom. The van der Waals surface area contributed by atoms with Gasteiger partial charge in [0.05, 0.1) is 19.6 Å². The van der Waals surface area contributed by atoms with Gasteiger partial charge in [-0.05, 0) is 0 Å². The monoisotopic (exact) mass is 247 g/mol. The van der Waals surface area contributed by atoms with Crippen LogP contribution < -0.4 is 5.73 Å². The largest absolute Gasteiger partial charge is 0.490 e. The number of alkyl halides is 3. The number of rotatable bonds is 5. The summed E-state index contributed by atoms with van der Waals surface area (Å²) in [4.78, 5) is 18.7. The van der Waals surface area contributed by atoms with Gasteiger partial charge in [-0.2, -0.15) is 13.2 Å². The van der Waals surface area contributed by atoms with Gasteiger partial charge in [0.2, 0.25) is 0 Å². The lowest BCUT2D eigenvalue weighted by Gasteiger charge is -1.96. The molecule has 96 valence electrons. The number of halogens is 3. The first-order valence-electron chi connectivity index (χ1n) is 4.01. The van der Waals surface area contributed by atoms with Gasteiger partial charge < -0.3 is 20.7 Å². The third-order valence-electron chi connectivity index (χ3n) is 0.965. The van der Waals surface area contributed by atoms with Crippen LogP contribution in [0.25, 0.3) is 0 Å². The highest BCUT2D eigenvalue weighted by Crippen LogP contribution is 2.13. The maximum absolute atomic E-state index is 10.6. The second-order valence-corrected chi connectivity index (χ2v) is 2.35. The molecule has 6 nitrogen and oxygen atoms in total. The summed E-state index contributed by atoms with van der Waals surface area (Å²) in [5, 5.41) is 15.2. The maximum atomic E-state index is 10.6. The fourth-order valence-electron chi connectivity index (χ4n) is 0.345. The molecule has 16 heavy (non-hydrogen) atoms. The quantitative estimate of drug-likeness (QED) is 0.593. The van der Waals surface area contributed by atoms with Gasteiger partial charge in [0, 0.05) is 6.54 Å². The number of hydrogen-bond donors (Lipinski definition) is 3. The van der Waals surface area contributed by atoms with Crippen molar-refractivity contribution in [3.63, 3.8) is 0 Å². The predicted octanol–water partition coefficient (Wildman–Crippen LogP) is 0.0697. The number of carboxylic acid groups (broad SMARTS) is 2. The van der Waals surface area contributed by atoms with Crippen LogP contribution in [0.3, 0.4) is 0 Å². The predicted molar refractivity (Wildman–Crippen MR) is 45.8 cm³/mol. The average molecular weight is 247 g/mol. The molecule has 0 spiro atoms. The first-order valence-corrected chi connectivity index (χ1v) is 4.01. The van der Waals surface area contributed by atoms with Crippen LogP contribution in [0.15, 0.2) is 0 Å².